The van der Waals surface area contributed by atoms with E-state index in [0.717, 1.165) is 24.6 Å². The molecule has 0 heterocycles. The fraction of sp³-hybridized carbons (Fsp3) is 0.600. The summed E-state index contributed by atoms with van der Waals surface area (Å²) in [6, 6.07) is 0. The van der Waals surface area contributed by atoms with Gasteiger partial charge in [0, 0.05) is 13.2 Å². The minimum atomic E-state index is -0.519. The van der Waals surface area contributed by atoms with Gasteiger partial charge in [0.2, 0.25) is 6.20 Å². The van der Waals surface area contributed by atoms with E-state index in [2.05, 4.69) is 0 Å². The van der Waals surface area contributed by atoms with Crippen LogP contribution >= 0.6 is 0 Å². The number of nitro groups is 1. The third-order valence-electron chi connectivity index (χ3n) is 3.99. The van der Waals surface area contributed by atoms with Crippen molar-refractivity contribution in [3.8, 4) is 0 Å². The predicted molar refractivity (Wildman–Crippen MR) is 75.9 cm³/mol. The van der Waals surface area contributed by atoms with Crippen LogP contribution in [0.4, 0.5) is 0 Å². The predicted octanol–water partition coefficient (Wildman–Crippen LogP) is 3.01. The molecule has 2 aliphatic carbocycles. The average molecular weight is 279 g/mol. The number of ether oxygens (including phenoxy) is 2. The molecule has 2 unspecified atom stereocenters. The van der Waals surface area contributed by atoms with E-state index in [1.54, 1.807) is 7.11 Å². The zero-order chi connectivity index (χ0) is 14.6. The van der Waals surface area contributed by atoms with Crippen LogP contribution in [0.5, 0.6) is 0 Å². The molecule has 5 nitrogen and oxygen atoms in total. The molecule has 2 aliphatic rings. The van der Waals surface area contributed by atoms with Gasteiger partial charge in [-0.05, 0) is 37.5 Å². The Kier molecular flexibility index (Phi) is 4.73. The largest absolute Gasteiger partial charge is 0.371 e. The number of hydrogen-bond acceptors (Lipinski definition) is 4. The molecule has 2 atom stereocenters. The summed E-state index contributed by atoms with van der Waals surface area (Å²) in [7, 11) is 1.65. The summed E-state index contributed by atoms with van der Waals surface area (Å²) in [5.41, 5.74) is 0.258. The third kappa shape index (κ3) is 3.55. The van der Waals surface area contributed by atoms with E-state index in [9.17, 15) is 10.1 Å². The van der Waals surface area contributed by atoms with Gasteiger partial charge in [0.1, 0.15) is 11.7 Å². The van der Waals surface area contributed by atoms with Crippen molar-refractivity contribution in [3.63, 3.8) is 0 Å². The van der Waals surface area contributed by atoms with Crippen molar-refractivity contribution >= 4 is 0 Å². The highest BCUT2D eigenvalue weighted by molar-refractivity contribution is 5.38. The van der Waals surface area contributed by atoms with Gasteiger partial charge in [-0.25, -0.2) is 0 Å². The Morgan fingerprint density at radius 3 is 2.75 bits per heavy atom. The van der Waals surface area contributed by atoms with Crippen LogP contribution in [0.1, 0.15) is 32.6 Å². The lowest BCUT2D eigenvalue weighted by atomic mass is 9.90. The first kappa shape index (κ1) is 14.9. The molecular formula is C15H21NO4. The van der Waals surface area contributed by atoms with Gasteiger partial charge in [-0.2, -0.15) is 0 Å². The zero-order valence-corrected chi connectivity index (χ0v) is 12.0. The first-order valence-corrected chi connectivity index (χ1v) is 6.97. The highest BCUT2D eigenvalue weighted by atomic mass is 16.6. The average Bonchev–Trinajstić information content (AvgIpc) is 2.92. The number of allylic oxidation sites excluding steroid dienone is 3. The quantitative estimate of drug-likeness (QED) is 0.573. The molecule has 0 radical (unpaired) electrons. The Balaban J connectivity index is 2.13. The second kappa shape index (κ2) is 6.33. The van der Waals surface area contributed by atoms with Crippen LogP contribution in [0.15, 0.2) is 36.1 Å². The van der Waals surface area contributed by atoms with E-state index in [1.807, 2.05) is 25.2 Å². The van der Waals surface area contributed by atoms with Gasteiger partial charge in [0.25, 0.3) is 0 Å². The smallest absolute Gasteiger partial charge is 0.235 e. The molecule has 1 fully saturated rings. The highest BCUT2D eigenvalue weighted by Crippen LogP contribution is 2.31. The van der Waals surface area contributed by atoms with Crippen LogP contribution in [0.3, 0.4) is 0 Å². The van der Waals surface area contributed by atoms with Gasteiger partial charge >= 0.3 is 0 Å². The number of nitrogens with zero attached hydrogens (tertiary/aromatic N) is 1. The Hall–Kier alpha value is -1.46. The van der Waals surface area contributed by atoms with E-state index < -0.39 is 10.5 Å². The zero-order valence-electron chi connectivity index (χ0n) is 12.0. The highest BCUT2D eigenvalue weighted by Gasteiger charge is 2.35. The molecule has 0 aromatic carbocycles. The van der Waals surface area contributed by atoms with E-state index in [1.165, 1.54) is 18.9 Å². The summed E-state index contributed by atoms with van der Waals surface area (Å²) in [5.74, 6) is 0. The fourth-order valence-electron chi connectivity index (χ4n) is 2.60. The van der Waals surface area contributed by atoms with Crippen molar-refractivity contribution < 1.29 is 14.4 Å². The molecule has 1 saturated carbocycles. The lowest BCUT2D eigenvalue weighted by Crippen LogP contribution is -2.43. The van der Waals surface area contributed by atoms with E-state index in [0.29, 0.717) is 0 Å². The van der Waals surface area contributed by atoms with Crippen LogP contribution < -0.4 is 0 Å². The van der Waals surface area contributed by atoms with Crippen molar-refractivity contribution in [2.75, 3.05) is 7.11 Å². The van der Waals surface area contributed by atoms with E-state index >= 15 is 0 Å². The fourth-order valence-corrected chi connectivity index (χ4v) is 2.60. The molecule has 0 N–H and O–H groups in total. The van der Waals surface area contributed by atoms with Crippen LogP contribution in [0.25, 0.3) is 0 Å². The summed E-state index contributed by atoms with van der Waals surface area (Å²) in [5, 5.41) is 10.4. The molecule has 0 spiro atoms. The van der Waals surface area contributed by atoms with Crippen LogP contribution in [-0.2, 0) is 9.47 Å². The number of methoxy groups -OCH3 is 1. The van der Waals surface area contributed by atoms with Crippen molar-refractivity contribution in [2.45, 2.75) is 50.4 Å². The molecule has 0 aromatic heterocycles. The minimum Gasteiger partial charge on any atom is -0.371 e. The van der Waals surface area contributed by atoms with Gasteiger partial charge in [-0.15, -0.1) is 0 Å². The lowest BCUT2D eigenvalue weighted by molar-refractivity contribution is -0.402. The SMILES string of the molecule is COC1(C)C=CC(C=C[N+](=O)[O-])=CC1OC1CCCC1. The molecule has 0 saturated heterocycles. The second-order valence-corrected chi connectivity index (χ2v) is 5.45. The van der Waals surface area contributed by atoms with Gasteiger partial charge in [-0.1, -0.05) is 18.9 Å². The Morgan fingerprint density at radius 1 is 1.45 bits per heavy atom. The maximum atomic E-state index is 10.4. The van der Waals surface area contributed by atoms with Gasteiger partial charge in [0.05, 0.1) is 11.0 Å². The summed E-state index contributed by atoms with van der Waals surface area (Å²) < 4.78 is 11.7. The van der Waals surface area contributed by atoms with Crippen LogP contribution in [-0.4, -0.2) is 29.8 Å². The molecular weight excluding hydrogens is 258 g/mol. The molecule has 5 heteroatoms. The maximum absolute atomic E-state index is 10.4. The van der Waals surface area contributed by atoms with Crippen LogP contribution in [0.2, 0.25) is 0 Å². The summed E-state index contributed by atoms with van der Waals surface area (Å²) in [6.07, 6.45) is 12.7. The Bertz CT molecular complexity index is 449. The normalized spacial score (nSPS) is 30.9. The lowest BCUT2D eigenvalue weighted by Gasteiger charge is -2.36. The molecule has 0 aromatic rings. The molecule has 20 heavy (non-hydrogen) atoms. The first-order chi connectivity index (χ1) is 9.53. The molecule has 110 valence electrons. The van der Waals surface area contributed by atoms with Crippen LogP contribution in [0, 0.1) is 10.1 Å². The van der Waals surface area contributed by atoms with Gasteiger partial charge in [0.15, 0.2) is 0 Å². The Morgan fingerprint density at radius 2 is 2.15 bits per heavy atom. The van der Waals surface area contributed by atoms with Crippen molar-refractivity contribution in [2.24, 2.45) is 0 Å². The number of hydrogen-bond donors (Lipinski definition) is 0. The Labute approximate surface area is 119 Å². The summed E-state index contributed by atoms with van der Waals surface area (Å²) in [6.45, 7) is 1.97. The topological polar surface area (TPSA) is 61.6 Å². The van der Waals surface area contributed by atoms with Crippen molar-refractivity contribution in [3.05, 3.63) is 46.2 Å². The maximum Gasteiger partial charge on any atom is 0.235 e. The summed E-state index contributed by atoms with van der Waals surface area (Å²) in [4.78, 5) is 9.93. The third-order valence-corrected chi connectivity index (χ3v) is 3.99. The molecule has 2 rings (SSSR count). The monoisotopic (exact) mass is 279 g/mol. The first-order valence-electron chi connectivity index (χ1n) is 6.97. The van der Waals surface area contributed by atoms with Crippen molar-refractivity contribution in [1.82, 2.24) is 0 Å². The number of rotatable bonds is 5. The second-order valence-electron chi connectivity index (χ2n) is 5.45. The molecule has 0 amide bonds. The molecule has 0 aliphatic heterocycles. The van der Waals surface area contributed by atoms with Gasteiger partial charge < -0.3 is 9.47 Å². The summed E-state index contributed by atoms with van der Waals surface area (Å²) >= 11 is 0. The molecule has 0 bridgehead atoms. The standard InChI is InChI=1S/C15H21NO4/c1-15(19-2)9-7-12(8-10-16(17)18)11-14(15)20-13-5-3-4-6-13/h7-11,13-14H,3-6H2,1-2H3. The van der Waals surface area contributed by atoms with Gasteiger partial charge in [-0.3, -0.25) is 10.1 Å². The van der Waals surface area contributed by atoms with E-state index in [-0.39, 0.29) is 12.2 Å². The van der Waals surface area contributed by atoms with Crippen molar-refractivity contribution in [1.29, 1.82) is 0 Å². The van der Waals surface area contributed by atoms with E-state index in [4.69, 9.17) is 9.47 Å². The minimum absolute atomic E-state index is 0.216.